The summed E-state index contributed by atoms with van der Waals surface area (Å²) in [6, 6.07) is 5.30. The van der Waals surface area contributed by atoms with Crippen LogP contribution in [0.3, 0.4) is 0 Å². The first-order valence-corrected chi connectivity index (χ1v) is 8.07. The van der Waals surface area contributed by atoms with E-state index in [0.717, 1.165) is 25.3 Å². The number of fused-ring (bicyclic) bond motifs is 1. The van der Waals surface area contributed by atoms with Crippen LogP contribution in [-0.2, 0) is 5.92 Å². The van der Waals surface area contributed by atoms with Crippen LogP contribution in [0.5, 0.6) is 0 Å². The second-order valence-electron chi connectivity index (χ2n) is 6.11. The molecule has 4 rings (SSSR count). The molecule has 25 heavy (non-hydrogen) atoms. The van der Waals surface area contributed by atoms with Gasteiger partial charge in [0.25, 0.3) is 5.92 Å². The summed E-state index contributed by atoms with van der Waals surface area (Å²) in [6.45, 7) is 7.96. The molecule has 8 heteroatoms. The van der Waals surface area contributed by atoms with E-state index in [4.69, 9.17) is 18.2 Å². The van der Waals surface area contributed by atoms with Gasteiger partial charge in [-0.2, -0.15) is 8.78 Å². The molecule has 0 spiro atoms. The normalized spacial score (nSPS) is 14.7. The van der Waals surface area contributed by atoms with E-state index in [2.05, 4.69) is 19.8 Å². The summed E-state index contributed by atoms with van der Waals surface area (Å²) in [7, 11) is 0. The third-order valence-electron chi connectivity index (χ3n) is 4.13. The first kappa shape index (κ1) is 15.9. The largest absolute Gasteiger partial charge is 0.322 e. The number of aromatic nitrogens is 4. The lowest BCUT2D eigenvalue weighted by Gasteiger charge is -2.15. The van der Waals surface area contributed by atoms with Crippen molar-refractivity contribution in [3.8, 4) is 11.4 Å². The summed E-state index contributed by atoms with van der Waals surface area (Å²) < 4.78 is 30.1. The molecule has 1 aromatic carbocycles. The van der Waals surface area contributed by atoms with Crippen LogP contribution < -0.4 is 0 Å². The summed E-state index contributed by atoms with van der Waals surface area (Å²) >= 11 is 5.73. The number of rotatable bonds is 3. The zero-order valence-electron chi connectivity index (χ0n) is 13.2. The van der Waals surface area contributed by atoms with Crippen molar-refractivity contribution in [3.63, 3.8) is 0 Å². The van der Waals surface area contributed by atoms with Crippen LogP contribution in [0.2, 0.25) is 5.28 Å². The van der Waals surface area contributed by atoms with Gasteiger partial charge < -0.3 is 4.57 Å². The first-order chi connectivity index (χ1) is 11.9. The van der Waals surface area contributed by atoms with Crippen LogP contribution in [-0.4, -0.2) is 19.5 Å². The van der Waals surface area contributed by atoms with Crippen LogP contribution >= 0.6 is 11.6 Å². The highest BCUT2D eigenvalue weighted by atomic mass is 35.5. The van der Waals surface area contributed by atoms with Crippen molar-refractivity contribution in [2.24, 2.45) is 0 Å². The smallest absolute Gasteiger partial charge is 0.287 e. The summed E-state index contributed by atoms with van der Waals surface area (Å²) in [5.74, 6) is -2.80. The van der Waals surface area contributed by atoms with Crippen molar-refractivity contribution >= 4 is 28.3 Å². The molecule has 0 radical (unpaired) electrons. The molecule has 1 fully saturated rings. The molecule has 1 aliphatic carbocycles. The third-order valence-corrected chi connectivity index (χ3v) is 4.31. The number of alkyl halides is 2. The minimum Gasteiger partial charge on any atom is -0.322 e. The van der Waals surface area contributed by atoms with Gasteiger partial charge in [0.15, 0.2) is 5.69 Å². The Morgan fingerprint density at radius 3 is 2.72 bits per heavy atom. The topological polar surface area (TPSA) is 48.0 Å². The number of imidazole rings is 1. The van der Waals surface area contributed by atoms with E-state index in [1.54, 1.807) is 18.2 Å². The Morgan fingerprint density at radius 1 is 1.32 bits per heavy atom. The number of hydrogen-bond donors (Lipinski definition) is 0. The predicted octanol–water partition coefficient (Wildman–Crippen LogP) is 5.14. The van der Waals surface area contributed by atoms with Gasteiger partial charge in [-0.25, -0.2) is 19.8 Å². The third kappa shape index (κ3) is 2.72. The van der Waals surface area contributed by atoms with E-state index in [0.29, 0.717) is 17.0 Å². The van der Waals surface area contributed by atoms with Gasteiger partial charge in [0.1, 0.15) is 11.5 Å². The van der Waals surface area contributed by atoms with Crippen LogP contribution in [0.15, 0.2) is 24.4 Å². The molecule has 3 aromatic rings. The van der Waals surface area contributed by atoms with E-state index >= 15 is 0 Å². The van der Waals surface area contributed by atoms with Crippen LogP contribution in [0, 0.1) is 6.57 Å². The Labute approximate surface area is 147 Å². The number of hydrogen-bond acceptors (Lipinski definition) is 3. The second kappa shape index (κ2) is 5.46. The minimum atomic E-state index is -3.18. The summed E-state index contributed by atoms with van der Waals surface area (Å²) in [6.07, 6.45) is 3.16. The highest BCUT2D eigenvalue weighted by Gasteiger charge is 2.35. The molecular formula is C17H12ClF2N5. The Hall–Kier alpha value is -2.59. The van der Waals surface area contributed by atoms with Crippen molar-refractivity contribution in [2.45, 2.75) is 31.7 Å². The molecule has 1 saturated carbocycles. The molecule has 0 atom stereocenters. The standard InChI is InChI=1S/C17H12ClF2N5/c1-17(19,20)14-11(8-22-16(18)24-14)15-23-12-6-3-9(21-2)7-13(12)25(15)10-4-5-10/h3,6-8,10H,4-5H2,1H3. The molecule has 0 unspecified atom stereocenters. The molecule has 5 nitrogen and oxygen atoms in total. The van der Waals surface area contributed by atoms with Crippen molar-refractivity contribution in [1.82, 2.24) is 19.5 Å². The summed E-state index contributed by atoms with van der Waals surface area (Å²) in [5.41, 5.74) is 1.59. The number of benzene rings is 1. The summed E-state index contributed by atoms with van der Waals surface area (Å²) in [4.78, 5) is 15.6. The second-order valence-corrected chi connectivity index (χ2v) is 6.45. The van der Waals surface area contributed by atoms with Gasteiger partial charge in [-0.1, -0.05) is 6.07 Å². The molecule has 0 N–H and O–H groups in total. The van der Waals surface area contributed by atoms with Gasteiger partial charge in [-0.15, -0.1) is 0 Å². The lowest BCUT2D eigenvalue weighted by atomic mass is 10.1. The summed E-state index contributed by atoms with van der Waals surface area (Å²) in [5, 5.41) is -0.232. The molecule has 0 amide bonds. The molecule has 1 aliphatic rings. The SMILES string of the molecule is [C-]#[N+]c1ccc2nc(-c3cnc(Cl)nc3C(C)(F)F)n(C3CC3)c2c1. The molecular weight excluding hydrogens is 348 g/mol. The van der Waals surface area contributed by atoms with Crippen LogP contribution in [0.25, 0.3) is 27.3 Å². The van der Waals surface area contributed by atoms with E-state index in [9.17, 15) is 8.78 Å². The highest BCUT2D eigenvalue weighted by Crippen LogP contribution is 2.43. The Balaban J connectivity index is 2.03. The van der Waals surface area contributed by atoms with E-state index in [1.807, 2.05) is 4.57 Å². The van der Waals surface area contributed by atoms with Crippen molar-refractivity contribution < 1.29 is 8.78 Å². The van der Waals surface area contributed by atoms with E-state index in [-0.39, 0.29) is 16.9 Å². The molecule has 0 bridgehead atoms. The number of nitrogens with zero attached hydrogens (tertiary/aromatic N) is 5. The van der Waals surface area contributed by atoms with Crippen molar-refractivity contribution in [1.29, 1.82) is 0 Å². The van der Waals surface area contributed by atoms with Gasteiger partial charge in [-0.3, -0.25) is 0 Å². The van der Waals surface area contributed by atoms with Crippen molar-refractivity contribution in [3.05, 3.63) is 46.8 Å². The zero-order valence-corrected chi connectivity index (χ0v) is 13.9. The van der Waals surface area contributed by atoms with Gasteiger partial charge in [-0.05, 0) is 36.6 Å². The Bertz CT molecular complexity index is 1030. The van der Waals surface area contributed by atoms with Crippen LogP contribution in [0.4, 0.5) is 14.5 Å². The van der Waals surface area contributed by atoms with Gasteiger partial charge >= 0.3 is 0 Å². The lowest BCUT2D eigenvalue weighted by Crippen LogP contribution is -2.14. The molecule has 2 aromatic heterocycles. The fourth-order valence-electron chi connectivity index (χ4n) is 2.90. The van der Waals surface area contributed by atoms with Gasteiger partial charge in [0.2, 0.25) is 5.28 Å². The minimum absolute atomic E-state index is 0.157. The first-order valence-electron chi connectivity index (χ1n) is 7.69. The highest BCUT2D eigenvalue weighted by molar-refractivity contribution is 6.28. The quantitative estimate of drug-likeness (QED) is 0.480. The van der Waals surface area contributed by atoms with E-state index < -0.39 is 11.6 Å². The average Bonchev–Trinajstić information content (AvgIpc) is 3.33. The average molecular weight is 360 g/mol. The maximum absolute atomic E-state index is 14.1. The fraction of sp³-hybridized carbons (Fsp3) is 0.294. The maximum Gasteiger partial charge on any atom is 0.287 e. The fourth-order valence-corrected chi connectivity index (χ4v) is 3.04. The number of halogens is 3. The van der Waals surface area contributed by atoms with Crippen LogP contribution in [0.1, 0.15) is 31.5 Å². The molecule has 0 aliphatic heterocycles. The maximum atomic E-state index is 14.1. The molecule has 0 saturated heterocycles. The monoisotopic (exact) mass is 359 g/mol. The zero-order chi connectivity index (χ0) is 17.8. The van der Waals surface area contributed by atoms with Crippen molar-refractivity contribution in [2.75, 3.05) is 0 Å². The molecule has 126 valence electrons. The van der Waals surface area contributed by atoms with E-state index in [1.165, 1.54) is 6.20 Å². The Kier molecular flexibility index (Phi) is 3.48. The lowest BCUT2D eigenvalue weighted by molar-refractivity contribution is 0.0132. The molecule has 2 heterocycles. The van der Waals surface area contributed by atoms with Gasteiger partial charge in [0, 0.05) is 19.2 Å². The Morgan fingerprint density at radius 2 is 2.08 bits per heavy atom. The van der Waals surface area contributed by atoms with Gasteiger partial charge in [0.05, 0.1) is 23.2 Å². The predicted molar refractivity (Wildman–Crippen MR) is 89.9 cm³/mol.